The molecule has 0 radical (unpaired) electrons. The Hall–Kier alpha value is -0.880. The van der Waals surface area contributed by atoms with Gasteiger partial charge in [-0.15, -0.1) is 11.3 Å². The highest BCUT2D eigenvalue weighted by molar-refractivity contribution is 7.09. The molecule has 0 spiro atoms. The molecule has 0 N–H and O–H groups in total. The van der Waals surface area contributed by atoms with Gasteiger partial charge in [0.2, 0.25) is 0 Å². The lowest BCUT2D eigenvalue weighted by Crippen LogP contribution is -2.13. The number of rotatable bonds is 7. The minimum atomic E-state index is -2.48. The number of ether oxygens (including phenoxy) is 1. The van der Waals surface area contributed by atoms with Gasteiger partial charge in [0.15, 0.2) is 0 Å². The van der Waals surface area contributed by atoms with Gasteiger partial charge in [-0.25, -0.2) is 13.8 Å². The maximum atomic E-state index is 11.8. The molecule has 1 rings (SSSR count). The molecule has 1 heterocycles. The van der Waals surface area contributed by atoms with Crippen molar-refractivity contribution in [2.45, 2.75) is 45.5 Å². The molecule has 0 bridgehead atoms. The zero-order chi connectivity index (χ0) is 14.5. The van der Waals surface area contributed by atoms with E-state index in [1.165, 1.54) is 11.3 Å². The fourth-order valence-corrected chi connectivity index (χ4v) is 2.40. The summed E-state index contributed by atoms with van der Waals surface area (Å²) in [6.07, 6.45) is -2.08. The van der Waals surface area contributed by atoms with Crippen LogP contribution in [-0.4, -0.2) is 30.4 Å². The summed E-state index contributed by atoms with van der Waals surface area (Å²) in [5.41, 5.74) is 0.937. The molecule has 0 fully saturated rings. The van der Waals surface area contributed by atoms with Gasteiger partial charge in [-0.05, 0) is 0 Å². The van der Waals surface area contributed by atoms with Gasteiger partial charge in [0.25, 0.3) is 6.43 Å². The second kappa shape index (κ2) is 7.05. The van der Waals surface area contributed by atoms with Crippen molar-refractivity contribution in [3.05, 3.63) is 16.1 Å². The molecule has 0 aromatic carbocycles. The summed E-state index contributed by atoms with van der Waals surface area (Å²) in [4.78, 5) is 16.0. The third-order valence-corrected chi connectivity index (χ3v) is 3.29. The minimum Gasteiger partial charge on any atom is -0.375 e. The van der Waals surface area contributed by atoms with Gasteiger partial charge >= 0.3 is 0 Å². The summed E-state index contributed by atoms with van der Waals surface area (Å²) in [5.74, 6) is -0.0379. The highest BCUT2D eigenvalue weighted by Gasteiger charge is 2.18. The highest BCUT2D eigenvalue weighted by atomic mass is 32.1. The first-order valence-corrected chi connectivity index (χ1v) is 6.99. The van der Waals surface area contributed by atoms with E-state index in [9.17, 15) is 13.6 Å². The van der Waals surface area contributed by atoms with Crippen molar-refractivity contribution in [2.75, 3.05) is 13.2 Å². The van der Waals surface area contributed by atoms with E-state index in [1.54, 1.807) is 0 Å². The number of alkyl halides is 2. The zero-order valence-electron chi connectivity index (χ0n) is 11.4. The number of hydrogen-bond acceptors (Lipinski definition) is 4. The maximum absolute atomic E-state index is 11.8. The van der Waals surface area contributed by atoms with Gasteiger partial charge in [0, 0.05) is 17.2 Å². The first-order chi connectivity index (χ1) is 8.79. The molecular formula is C13H19F2NO2S. The Labute approximate surface area is 116 Å². The smallest absolute Gasteiger partial charge is 0.261 e. The van der Waals surface area contributed by atoms with E-state index in [2.05, 4.69) is 30.5 Å². The van der Waals surface area contributed by atoms with Crippen molar-refractivity contribution in [2.24, 2.45) is 0 Å². The third-order valence-electron chi connectivity index (χ3n) is 2.44. The number of hydrogen-bond donors (Lipinski definition) is 0. The van der Waals surface area contributed by atoms with Crippen LogP contribution in [0.2, 0.25) is 0 Å². The summed E-state index contributed by atoms with van der Waals surface area (Å²) in [6, 6.07) is 0. The summed E-state index contributed by atoms with van der Waals surface area (Å²) >= 11 is 1.46. The molecule has 0 unspecified atom stereocenters. The molecule has 0 aliphatic heterocycles. The van der Waals surface area contributed by atoms with E-state index >= 15 is 0 Å². The van der Waals surface area contributed by atoms with Crippen LogP contribution in [-0.2, 0) is 21.4 Å². The monoisotopic (exact) mass is 291 g/mol. The molecule has 3 nitrogen and oxygen atoms in total. The van der Waals surface area contributed by atoms with E-state index in [0.29, 0.717) is 0 Å². The summed E-state index contributed by atoms with van der Waals surface area (Å²) in [7, 11) is 0. The standard InChI is InChI=1S/C13H19F2NO2S/c1-13(2,3)10-8-19-12(16-10)6-9(17)4-5-18-7-11(14)15/h8,11H,4-7H2,1-3H3. The molecular weight excluding hydrogens is 272 g/mol. The highest BCUT2D eigenvalue weighted by Crippen LogP contribution is 2.24. The van der Waals surface area contributed by atoms with Crippen LogP contribution in [0.4, 0.5) is 8.78 Å². The van der Waals surface area contributed by atoms with Crippen molar-refractivity contribution in [3.8, 4) is 0 Å². The molecule has 0 aliphatic rings. The largest absolute Gasteiger partial charge is 0.375 e. The fourth-order valence-electron chi connectivity index (χ4n) is 1.35. The molecule has 108 valence electrons. The normalized spacial score (nSPS) is 12.1. The van der Waals surface area contributed by atoms with E-state index in [4.69, 9.17) is 0 Å². The number of halogens is 2. The Bertz CT molecular complexity index is 413. The van der Waals surface area contributed by atoms with Crippen molar-refractivity contribution < 1.29 is 18.3 Å². The average Bonchev–Trinajstić information content (AvgIpc) is 2.72. The first-order valence-electron chi connectivity index (χ1n) is 6.11. The van der Waals surface area contributed by atoms with Crippen LogP contribution >= 0.6 is 11.3 Å². The number of Topliss-reactive ketones (excluding diaryl/α,β-unsaturated/α-hetero) is 1. The third kappa shape index (κ3) is 6.20. The number of nitrogens with zero attached hydrogens (tertiary/aromatic N) is 1. The number of aromatic nitrogens is 1. The lowest BCUT2D eigenvalue weighted by atomic mass is 9.93. The molecule has 0 saturated carbocycles. The van der Waals surface area contributed by atoms with E-state index in [1.807, 2.05) is 5.38 Å². The van der Waals surface area contributed by atoms with Gasteiger partial charge in [0.1, 0.15) is 17.4 Å². The van der Waals surface area contributed by atoms with Crippen LogP contribution in [0.3, 0.4) is 0 Å². The zero-order valence-corrected chi connectivity index (χ0v) is 12.2. The molecule has 0 atom stereocenters. The van der Waals surface area contributed by atoms with Crippen molar-refractivity contribution in [3.63, 3.8) is 0 Å². The second-order valence-corrected chi connectivity index (χ2v) is 6.25. The Morgan fingerprint density at radius 1 is 1.47 bits per heavy atom. The lowest BCUT2D eigenvalue weighted by Gasteiger charge is -2.14. The maximum Gasteiger partial charge on any atom is 0.261 e. The summed E-state index contributed by atoms with van der Waals surface area (Å²) in [6.45, 7) is 5.61. The van der Waals surface area contributed by atoms with Gasteiger partial charge in [-0.2, -0.15) is 0 Å². The summed E-state index contributed by atoms with van der Waals surface area (Å²) < 4.78 is 28.3. The van der Waals surface area contributed by atoms with Crippen LogP contribution in [0.5, 0.6) is 0 Å². The fraction of sp³-hybridized carbons (Fsp3) is 0.692. The van der Waals surface area contributed by atoms with E-state index < -0.39 is 13.0 Å². The van der Waals surface area contributed by atoms with Crippen LogP contribution in [0.25, 0.3) is 0 Å². The predicted molar refractivity (Wildman–Crippen MR) is 71.0 cm³/mol. The van der Waals surface area contributed by atoms with Crippen LogP contribution in [0.1, 0.15) is 37.9 Å². The Kier molecular flexibility index (Phi) is 6.00. The quantitative estimate of drug-likeness (QED) is 0.724. The molecule has 1 aromatic heterocycles. The van der Waals surface area contributed by atoms with E-state index in [0.717, 1.165) is 10.7 Å². The van der Waals surface area contributed by atoms with E-state index in [-0.39, 0.29) is 30.6 Å². The molecule has 19 heavy (non-hydrogen) atoms. The van der Waals surface area contributed by atoms with Gasteiger partial charge in [0.05, 0.1) is 18.7 Å². The minimum absolute atomic E-state index is 0.0296. The summed E-state index contributed by atoms with van der Waals surface area (Å²) in [5, 5.41) is 2.72. The van der Waals surface area contributed by atoms with Crippen molar-refractivity contribution in [1.82, 2.24) is 4.98 Å². The predicted octanol–water partition coefficient (Wildman–Crippen LogP) is 3.22. The Morgan fingerprint density at radius 2 is 2.16 bits per heavy atom. The van der Waals surface area contributed by atoms with Gasteiger partial charge in [-0.1, -0.05) is 20.8 Å². The van der Waals surface area contributed by atoms with Crippen molar-refractivity contribution >= 4 is 17.1 Å². The number of carbonyl (C=O) groups excluding carboxylic acids is 1. The number of ketones is 1. The molecule has 0 saturated heterocycles. The molecule has 6 heteroatoms. The lowest BCUT2D eigenvalue weighted by molar-refractivity contribution is -0.119. The average molecular weight is 291 g/mol. The second-order valence-electron chi connectivity index (χ2n) is 5.31. The van der Waals surface area contributed by atoms with Crippen molar-refractivity contribution in [1.29, 1.82) is 0 Å². The van der Waals surface area contributed by atoms with Gasteiger partial charge < -0.3 is 4.74 Å². The Morgan fingerprint density at radius 3 is 2.68 bits per heavy atom. The number of carbonyl (C=O) groups is 1. The SMILES string of the molecule is CC(C)(C)c1csc(CC(=O)CCOCC(F)F)n1. The molecule has 0 aliphatic carbocycles. The molecule has 1 aromatic rings. The Balaban J connectivity index is 2.34. The molecule has 0 amide bonds. The number of thiazole rings is 1. The van der Waals surface area contributed by atoms with Crippen LogP contribution in [0, 0.1) is 0 Å². The van der Waals surface area contributed by atoms with Crippen LogP contribution in [0.15, 0.2) is 5.38 Å². The topological polar surface area (TPSA) is 39.2 Å². The van der Waals surface area contributed by atoms with Gasteiger partial charge in [-0.3, -0.25) is 4.79 Å². The first kappa shape index (κ1) is 16.2. The van der Waals surface area contributed by atoms with Crippen LogP contribution < -0.4 is 0 Å².